The second-order valence-electron chi connectivity index (χ2n) is 6.43. The summed E-state index contributed by atoms with van der Waals surface area (Å²) in [5.41, 5.74) is 2.39. The van der Waals surface area contributed by atoms with Crippen molar-refractivity contribution in [2.24, 2.45) is 0 Å². The molecule has 26 heavy (non-hydrogen) atoms. The zero-order valence-corrected chi connectivity index (χ0v) is 15.8. The van der Waals surface area contributed by atoms with Gasteiger partial charge in [0, 0.05) is 30.1 Å². The SMILES string of the molecule is CSc1ccccc1C(=O)NCc1ccc(C(=O)N2CCCCC2)cc1. The minimum absolute atomic E-state index is 0.0802. The molecule has 0 radical (unpaired) electrons. The lowest BCUT2D eigenvalue weighted by Crippen LogP contribution is -2.35. The standard InChI is InChI=1S/C21H24N2O2S/c1-26-19-8-4-3-7-18(19)20(24)22-15-16-9-11-17(12-10-16)21(25)23-13-5-2-6-14-23/h3-4,7-12H,2,5-6,13-15H2,1H3,(H,22,24). The zero-order chi connectivity index (χ0) is 18.4. The van der Waals surface area contributed by atoms with E-state index < -0.39 is 0 Å². The van der Waals surface area contributed by atoms with E-state index in [4.69, 9.17) is 0 Å². The molecule has 0 aromatic heterocycles. The Bertz CT molecular complexity index is 768. The van der Waals surface area contributed by atoms with Gasteiger partial charge in [0.2, 0.25) is 0 Å². The third-order valence-electron chi connectivity index (χ3n) is 4.65. The molecule has 0 spiro atoms. The van der Waals surface area contributed by atoms with Gasteiger partial charge in [-0.25, -0.2) is 0 Å². The highest BCUT2D eigenvalue weighted by atomic mass is 32.2. The van der Waals surface area contributed by atoms with Crippen LogP contribution in [-0.2, 0) is 6.54 Å². The third-order valence-corrected chi connectivity index (χ3v) is 5.44. The molecule has 2 aromatic carbocycles. The number of nitrogens with one attached hydrogen (secondary N) is 1. The van der Waals surface area contributed by atoms with Crippen molar-refractivity contribution < 1.29 is 9.59 Å². The minimum Gasteiger partial charge on any atom is -0.348 e. The Labute approximate surface area is 159 Å². The maximum absolute atomic E-state index is 12.5. The van der Waals surface area contributed by atoms with E-state index >= 15 is 0 Å². The molecule has 2 aromatic rings. The number of piperidine rings is 1. The lowest BCUT2D eigenvalue weighted by molar-refractivity contribution is 0.0724. The summed E-state index contributed by atoms with van der Waals surface area (Å²) in [6.07, 6.45) is 5.35. The average Bonchev–Trinajstić information content (AvgIpc) is 2.72. The zero-order valence-electron chi connectivity index (χ0n) is 15.0. The van der Waals surface area contributed by atoms with Crippen LogP contribution in [0.25, 0.3) is 0 Å². The first-order chi connectivity index (χ1) is 12.7. The Kier molecular flexibility index (Phi) is 6.34. The highest BCUT2D eigenvalue weighted by Crippen LogP contribution is 2.20. The maximum Gasteiger partial charge on any atom is 0.253 e. The molecule has 0 atom stereocenters. The third kappa shape index (κ3) is 4.47. The number of nitrogens with zero attached hydrogens (tertiary/aromatic N) is 1. The van der Waals surface area contributed by atoms with Gasteiger partial charge in [0.1, 0.15) is 0 Å². The van der Waals surface area contributed by atoms with E-state index in [1.807, 2.05) is 59.7 Å². The molecule has 3 rings (SSSR count). The van der Waals surface area contributed by atoms with E-state index in [1.165, 1.54) is 6.42 Å². The van der Waals surface area contributed by atoms with Crippen molar-refractivity contribution in [1.82, 2.24) is 10.2 Å². The fraction of sp³-hybridized carbons (Fsp3) is 0.333. The van der Waals surface area contributed by atoms with Crippen LogP contribution in [0.3, 0.4) is 0 Å². The summed E-state index contributed by atoms with van der Waals surface area (Å²) in [4.78, 5) is 27.8. The van der Waals surface area contributed by atoms with Crippen LogP contribution in [-0.4, -0.2) is 36.1 Å². The van der Waals surface area contributed by atoms with E-state index in [-0.39, 0.29) is 11.8 Å². The molecule has 5 heteroatoms. The summed E-state index contributed by atoms with van der Waals surface area (Å²) in [7, 11) is 0. The quantitative estimate of drug-likeness (QED) is 0.813. The lowest BCUT2D eigenvalue weighted by Gasteiger charge is -2.26. The molecule has 0 saturated carbocycles. The smallest absolute Gasteiger partial charge is 0.253 e. The molecule has 1 aliphatic rings. The summed E-state index contributed by atoms with van der Waals surface area (Å²) < 4.78 is 0. The fourth-order valence-electron chi connectivity index (χ4n) is 3.15. The number of amides is 2. The van der Waals surface area contributed by atoms with E-state index in [1.54, 1.807) is 11.8 Å². The first kappa shape index (κ1) is 18.5. The number of carbonyl (C=O) groups excluding carboxylic acids is 2. The topological polar surface area (TPSA) is 49.4 Å². The van der Waals surface area contributed by atoms with Gasteiger partial charge in [-0.2, -0.15) is 0 Å². The molecule has 1 fully saturated rings. The van der Waals surface area contributed by atoms with Crippen LogP contribution in [0.2, 0.25) is 0 Å². The second-order valence-corrected chi connectivity index (χ2v) is 7.28. The number of benzene rings is 2. The maximum atomic E-state index is 12.5. The van der Waals surface area contributed by atoms with E-state index in [9.17, 15) is 9.59 Å². The van der Waals surface area contributed by atoms with Crippen LogP contribution in [0.1, 0.15) is 45.5 Å². The highest BCUT2D eigenvalue weighted by molar-refractivity contribution is 7.98. The molecule has 1 heterocycles. The Morgan fingerprint density at radius 3 is 2.38 bits per heavy atom. The van der Waals surface area contributed by atoms with Gasteiger partial charge in [0.15, 0.2) is 0 Å². The first-order valence-electron chi connectivity index (χ1n) is 8.98. The number of likely N-dealkylation sites (tertiary alicyclic amines) is 1. The molecular formula is C21H24N2O2S. The van der Waals surface area contributed by atoms with E-state index in [0.717, 1.165) is 42.0 Å². The monoisotopic (exact) mass is 368 g/mol. The van der Waals surface area contributed by atoms with Crippen LogP contribution in [0.4, 0.5) is 0 Å². The molecular weight excluding hydrogens is 344 g/mol. The number of thioether (sulfide) groups is 1. The largest absolute Gasteiger partial charge is 0.348 e. The van der Waals surface area contributed by atoms with Crippen molar-refractivity contribution in [2.75, 3.05) is 19.3 Å². The Hall–Kier alpha value is -2.27. The molecule has 1 aliphatic heterocycles. The molecule has 1 N–H and O–H groups in total. The van der Waals surface area contributed by atoms with Gasteiger partial charge in [0.05, 0.1) is 5.56 Å². The van der Waals surface area contributed by atoms with Crippen LogP contribution in [0.5, 0.6) is 0 Å². The van der Waals surface area contributed by atoms with Crippen molar-refractivity contribution in [3.8, 4) is 0 Å². The number of hydrogen-bond acceptors (Lipinski definition) is 3. The van der Waals surface area contributed by atoms with Crippen molar-refractivity contribution in [2.45, 2.75) is 30.7 Å². The predicted octanol–water partition coefficient (Wildman–Crippen LogP) is 3.96. The molecule has 4 nitrogen and oxygen atoms in total. The van der Waals surface area contributed by atoms with E-state index in [0.29, 0.717) is 12.1 Å². The van der Waals surface area contributed by atoms with Gasteiger partial charge in [0.25, 0.3) is 11.8 Å². The predicted molar refractivity (Wildman–Crippen MR) is 106 cm³/mol. The normalized spacial score (nSPS) is 14.1. The summed E-state index contributed by atoms with van der Waals surface area (Å²) in [6.45, 7) is 2.15. The molecule has 0 aliphatic carbocycles. The molecule has 1 saturated heterocycles. The number of rotatable bonds is 5. The van der Waals surface area contributed by atoms with Crippen LogP contribution < -0.4 is 5.32 Å². The van der Waals surface area contributed by atoms with Crippen molar-refractivity contribution in [1.29, 1.82) is 0 Å². The van der Waals surface area contributed by atoms with Gasteiger partial charge >= 0.3 is 0 Å². The van der Waals surface area contributed by atoms with Crippen LogP contribution in [0.15, 0.2) is 53.4 Å². The highest BCUT2D eigenvalue weighted by Gasteiger charge is 2.18. The summed E-state index contributed by atoms with van der Waals surface area (Å²) in [5, 5.41) is 2.95. The minimum atomic E-state index is -0.0802. The Balaban J connectivity index is 1.59. The lowest BCUT2D eigenvalue weighted by atomic mass is 10.1. The second kappa shape index (κ2) is 8.90. The van der Waals surface area contributed by atoms with Crippen molar-refractivity contribution >= 4 is 23.6 Å². The summed E-state index contributed by atoms with van der Waals surface area (Å²) >= 11 is 1.56. The number of carbonyl (C=O) groups is 2. The molecule has 136 valence electrons. The average molecular weight is 369 g/mol. The van der Waals surface area contributed by atoms with Gasteiger partial charge in [-0.1, -0.05) is 24.3 Å². The molecule has 0 bridgehead atoms. The fourth-order valence-corrected chi connectivity index (χ4v) is 3.75. The first-order valence-corrected chi connectivity index (χ1v) is 10.2. The van der Waals surface area contributed by atoms with Gasteiger partial charge < -0.3 is 10.2 Å². The van der Waals surface area contributed by atoms with Crippen molar-refractivity contribution in [3.05, 3.63) is 65.2 Å². The number of hydrogen-bond donors (Lipinski definition) is 1. The van der Waals surface area contributed by atoms with E-state index in [2.05, 4.69) is 5.32 Å². The summed E-state index contributed by atoms with van der Waals surface area (Å²) in [5.74, 6) is 0.0256. The van der Waals surface area contributed by atoms with Gasteiger partial charge in [-0.3, -0.25) is 9.59 Å². The Morgan fingerprint density at radius 1 is 1.00 bits per heavy atom. The molecule has 0 unspecified atom stereocenters. The summed E-state index contributed by atoms with van der Waals surface area (Å²) in [6, 6.07) is 15.1. The van der Waals surface area contributed by atoms with Crippen LogP contribution in [0, 0.1) is 0 Å². The Morgan fingerprint density at radius 2 is 1.69 bits per heavy atom. The van der Waals surface area contributed by atoms with Crippen molar-refractivity contribution in [3.63, 3.8) is 0 Å². The van der Waals surface area contributed by atoms with Gasteiger partial charge in [-0.05, 0) is 55.3 Å². The van der Waals surface area contributed by atoms with Gasteiger partial charge in [-0.15, -0.1) is 11.8 Å². The van der Waals surface area contributed by atoms with Crippen LogP contribution >= 0.6 is 11.8 Å². The molecule has 2 amide bonds.